The van der Waals surface area contributed by atoms with Crippen molar-refractivity contribution >= 4 is 33.4 Å². The van der Waals surface area contributed by atoms with Crippen LogP contribution in [0.15, 0.2) is 17.5 Å². The van der Waals surface area contributed by atoms with Crippen molar-refractivity contribution in [3.05, 3.63) is 23.2 Å². The van der Waals surface area contributed by atoms with Crippen molar-refractivity contribution in [2.45, 2.75) is 12.8 Å². The van der Waals surface area contributed by atoms with Gasteiger partial charge in [0.25, 0.3) is 5.91 Å². The lowest BCUT2D eigenvalue weighted by Gasteiger charge is -2.15. The smallest absolute Gasteiger partial charge is 0.268 e. The minimum absolute atomic E-state index is 0.00636. The van der Waals surface area contributed by atoms with Crippen molar-refractivity contribution in [1.29, 1.82) is 0 Å². The molecule has 0 aliphatic carbocycles. The Balaban J connectivity index is 1.65. The summed E-state index contributed by atoms with van der Waals surface area (Å²) in [6.07, 6.45) is 2.13. The fourth-order valence-corrected chi connectivity index (χ4v) is 3.44. The Kier molecular flexibility index (Phi) is 3.48. The van der Waals surface area contributed by atoms with E-state index in [4.69, 9.17) is 0 Å². The van der Waals surface area contributed by atoms with Gasteiger partial charge < -0.3 is 14.8 Å². The largest absolute Gasteiger partial charge is 0.342 e. The van der Waals surface area contributed by atoms with E-state index in [0.717, 1.165) is 36.1 Å². The molecule has 2 amide bonds. The van der Waals surface area contributed by atoms with Gasteiger partial charge in [0.15, 0.2) is 0 Å². The minimum atomic E-state index is -0.191. The van der Waals surface area contributed by atoms with E-state index >= 15 is 0 Å². The Morgan fingerprint density at radius 3 is 2.80 bits per heavy atom. The number of fused-ring (bicyclic) bond motifs is 1. The molecule has 0 saturated carbocycles. The van der Waals surface area contributed by atoms with Crippen LogP contribution in [0.1, 0.15) is 23.3 Å². The van der Waals surface area contributed by atoms with Gasteiger partial charge in [0.1, 0.15) is 5.69 Å². The number of hydrogen-bond acceptors (Lipinski definition) is 3. The summed E-state index contributed by atoms with van der Waals surface area (Å²) in [5, 5.41) is 4.72. The van der Waals surface area contributed by atoms with Gasteiger partial charge in [-0.1, -0.05) is 0 Å². The quantitative estimate of drug-likeness (QED) is 0.933. The molecule has 0 radical (unpaired) electrons. The number of carbonyl (C=O) groups is 2. The summed E-state index contributed by atoms with van der Waals surface area (Å²) < 4.78 is 2.95. The zero-order chi connectivity index (χ0) is 14.1. The van der Waals surface area contributed by atoms with E-state index < -0.39 is 0 Å². The molecule has 2 aromatic heterocycles. The molecule has 3 rings (SSSR count). The van der Waals surface area contributed by atoms with Crippen LogP contribution in [0, 0.1) is 0 Å². The third kappa shape index (κ3) is 2.31. The van der Waals surface area contributed by atoms with Crippen LogP contribution in [-0.2, 0) is 11.8 Å². The average molecular weight is 291 g/mol. The van der Waals surface area contributed by atoms with E-state index in [9.17, 15) is 9.59 Å². The number of aryl methyl sites for hydroxylation is 1. The average Bonchev–Trinajstić information content (AvgIpc) is 3.14. The number of rotatable bonds is 3. The third-order valence-corrected chi connectivity index (χ3v) is 4.61. The molecule has 3 heterocycles. The zero-order valence-electron chi connectivity index (χ0n) is 11.4. The summed E-state index contributed by atoms with van der Waals surface area (Å²) in [5.74, 6) is -0.185. The van der Waals surface area contributed by atoms with Gasteiger partial charge in [-0.25, -0.2) is 0 Å². The minimum Gasteiger partial charge on any atom is -0.342 e. The van der Waals surface area contributed by atoms with Crippen LogP contribution >= 0.6 is 11.3 Å². The van der Waals surface area contributed by atoms with Crippen LogP contribution in [-0.4, -0.2) is 40.9 Å². The number of nitrogens with one attached hydrogen (secondary N) is 1. The predicted octanol–water partition coefficient (Wildman–Crippen LogP) is 1.59. The standard InChI is InChI=1S/C14H17N3O2S/c1-16-10-4-7-20-12(10)8-11(16)14(19)15-9-13(18)17-5-2-3-6-17/h4,7-8H,2-3,5-6,9H2,1H3,(H,15,19). The molecule has 0 unspecified atom stereocenters. The summed E-state index contributed by atoms with van der Waals surface area (Å²) in [6.45, 7) is 1.71. The molecule has 0 aromatic carbocycles. The SMILES string of the molecule is Cn1c(C(=O)NCC(=O)N2CCCC2)cc2sccc21. The summed E-state index contributed by atoms with van der Waals surface area (Å²) in [4.78, 5) is 25.9. The fraction of sp³-hybridized carbons (Fsp3) is 0.429. The van der Waals surface area contributed by atoms with E-state index in [1.54, 1.807) is 11.3 Å². The highest BCUT2D eigenvalue weighted by Crippen LogP contribution is 2.23. The highest BCUT2D eigenvalue weighted by molar-refractivity contribution is 7.17. The monoisotopic (exact) mass is 291 g/mol. The first kappa shape index (κ1) is 13.2. The zero-order valence-corrected chi connectivity index (χ0v) is 12.2. The first-order valence-corrected chi connectivity index (χ1v) is 7.63. The highest BCUT2D eigenvalue weighted by Gasteiger charge is 2.19. The maximum absolute atomic E-state index is 12.2. The van der Waals surface area contributed by atoms with Crippen molar-refractivity contribution in [2.75, 3.05) is 19.6 Å². The predicted molar refractivity (Wildman–Crippen MR) is 78.9 cm³/mol. The Morgan fingerprint density at radius 2 is 2.10 bits per heavy atom. The van der Waals surface area contributed by atoms with Crippen molar-refractivity contribution < 1.29 is 9.59 Å². The topological polar surface area (TPSA) is 54.3 Å². The van der Waals surface area contributed by atoms with E-state index in [1.807, 2.05) is 34.0 Å². The maximum Gasteiger partial charge on any atom is 0.268 e. The second-order valence-electron chi connectivity index (χ2n) is 5.03. The summed E-state index contributed by atoms with van der Waals surface area (Å²) >= 11 is 1.61. The first-order valence-electron chi connectivity index (χ1n) is 6.76. The molecule has 0 spiro atoms. The first-order chi connectivity index (χ1) is 9.66. The van der Waals surface area contributed by atoms with E-state index in [-0.39, 0.29) is 18.4 Å². The van der Waals surface area contributed by atoms with Crippen LogP contribution in [0.2, 0.25) is 0 Å². The summed E-state index contributed by atoms with van der Waals surface area (Å²) in [6, 6.07) is 3.86. The number of carbonyl (C=O) groups excluding carboxylic acids is 2. The lowest BCUT2D eigenvalue weighted by atomic mass is 10.4. The fourth-order valence-electron chi connectivity index (χ4n) is 2.59. The number of thiophene rings is 1. The van der Waals surface area contributed by atoms with Gasteiger partial charge in [0, 0.05) is 20.1 Å². The second-order valence-corrected chi connectivity index (χ2v) is 5.98. The molecule has 20 heavy (non-hydrogen) atoms. The number of aromatic nitrogens is 1. The maximum atomic E-state index is 12.2. The molecule has 1 N–H and O–H groups in total. The van der Waals surface area contributed by atoms with E-state index in [1.165, 1.54) is 0 Å². The number of hydrogen-bond donors (Lipinski definition) is 1. The third-order valence-electron chi connectivity index (χ3n) is 3.76. The molecule has 1 aliphatic heterocycles. The molecule has 5 nitrogen and oxygen atoms in total. The molecule has 106 valence electrons. The van der Waals surface area contributed by atoms with Gasteiger partial charge in [-0.3, -0.25) is 9.59 Å². The Labute approximate surface area is 121 Å². The highest BCUT2D eigenvalue weighted by atomic mass is 32.1. The molecule has 6 heteroatoms. The summed E-state index contributed by atoms with van der Waals surface area (Å²) in [5.41, 5.74) is 1.65. The van der Waals surface area contributed by atoms with Gasteiger partial charge in [0.2, 0.25) is 5.91 Å². The molecule has 1 aliphatic rings. The van der Waals surface area contributed by atoms with Crippen molar-refractivity contribution in [2.24, 2.45) is 7.05 Å². The number of likely N-dealkylation sites (tertiary alicyclic amines) is 1. The molecular formula is C14H17N3O2S. The molecule has 1 fully saturated rings. The number of nitrogens with zero attached hydrogens (tertiary/aromatic N) is 2. The van der Waals surface area contributed by atoms with Crippen LogP contribution in [0.4, 0.5) is 0 Å². The van der Waals surface area contributed by atoms with E-state index in [2.05, 4.69) is 5.32 Å². The molecule has 1 saturated heterocycles. The molecule has 0 bridgehead atoms. The van der Waals surface area contributed by atoms with Crippen molar-refractivity contribution in [1.82, 2.24) is 14.8 Å². The number of amides is 2. The van der Waals surface area contributed by atoms with Crippen molar-refractivity contribution in [3.63, 3.8) is 0 Å². The van der Waals surface area contributed by atoms with Gasteiger partial charge in [-0.15, -0.1) is 11.3 Å². The molecule has 0 atom stereocenters. The Morgan fingerprint density at radius 1 is 1.35 bits per heavy atom. The summed E-state index contributed by atoms with van der Waals surface area (Å²) in [7, 11) is 1.87. The van der Waals surface area contributed by atoms with Crippen LogP contribution in [0.25, 0.3) is 10.2 Å². The van der Waals surface area contributed by atoms with Gasteiger partial charge in [-0.05, 0) is 30.4 Å². The van der Waals surface area contributed by atoms with E-state index in [0.29, 0.717) is 5.69 Å². The van der Waals surface area contributed by atoms with Gasteiger partial charge >= 0.3 is 0 Å². The van der Waals surface area contributed by atoms with Crippen molar-refractivity contribution in [3.8, 4) is 0 Å². The second kappa shape index (κ2) is 5.28. The Hall–Kier alpha value is -1.82. The molecular weight excluding hydrogens is 274 g/mol. The van der Waals surface area contributed by atoms with Crippen LogP contribution < -0.4 is 5.32 Å². The van der Waals surface area contributed by atoms with Gasteiger partial charge in [0.05, 0.1) is 16.8 Å². The van der Waals surface area contributed by atoms with Gasteiger partial charge in [-0.2, -0.15) is 0 Å². The van der Waals surface area contributed by atoms with Crippen LogP contribution in [0.3, 0.4) is 0 Å². The lowest BCUT2D eigenvalue weighted by molar-refractivity contribution is -0.129. The molecule has 2 aromatic rings. The Bertz CT molecular complexity index is 652. The normalized spacial score (nSPS) is 14.9. The van der Waals surface area contributed by atoms with Crippen LogP contribution in [0.5, 0.6) is 0 Å². The lowest BCUT2D eigenvalue weighted by Crippen LogP contribution is -2.39.